The maximum absolute atomic E-state index is 4.59. The fraction of sp³-hybridized carbons (Fsp3) is 0.379. The molecule has 1 aliphatic heterocycles. The molecule has 180 valence electrons. The standard InChI is InChI=1S/C29H34N6/c1-18(2)28-25-13-22(21-9-11-34(12-10-21)17-24-14-30-20(4)32-24)5-7-26(25)33-29(28)23-6-8-27-31-19(3)15-35(27)16-23/h5-8,13-16,18,21,33H,9-12,17H2,1-4H3,(H,30,32). The van der Waals surface area contributed by atoms with E-state index in [1.165, 1.54) is 51.8 Å². The van der Waals surface area contributed by atoms with Crippen molar-refractivity contribution in [2.24, 2.45) is 0 Å². The summed E-state index contributed by atoms with van der Waals surface area (Å²) in [7, 11) is 0. The first-order chi connectivity index (χ1) is 16.9. The molecule has 6 nitrogen and oxygen atoms in total. The van der Waals surface area contributed by atoms with Crippen molar-refractivity contribution in [3.05, 3.63) is 77.3 Å². The van der Waals surface area contributed by atoms with Crippen molar-refractivity contribution >= 4 is 16.6 Å². The molecule has 0 amide bonds. The van der Waals surface area contributed by atoms with Crippen molar-refractivity contribution < 1.29 is 0 Å². The highest BCUT2D eigenvalue weighted by Gasteiger charge is 2.23. The number of aryl methyl sites for hydroxylation is 2. The second kappa shape index (κ2) is 8.68. The van der Waals surface area contributed by atoms with Crippen molar-refractivity contribution in [1.82, 2.24) is 29.2 Å². The second-order valence-corrected chi connectivity index (χ2v) is 10.5. The Hall–Kier alpha value is -3.38. The number of hydrogen-bond acceptors (Lipinski definition) is 3. The maximum atomic E-state index is 4.59. The van der Waals surface area contributed by atoms with Crippen LogP contribution in [0.2, 0.25) is 0 Å². The van der Waals surface area contributed by atoms with Crippen LogP contribution in [-0.4, -0.2) is 42.3 Å². The number of hydrogen-bond donors (Lipinski definition) is 2. The van der Waals surface area contributed by atoms with Crippen LogP contribution < -0.4 is 0 Å². The summed E-state index contributed by atoms with van der Waals surface area (Å²) in [5.74, 6) is 2.03. The van der Waals surface area contributed by atoms with Crippen LogP contribution >= 0.6 is 0 Å². The summed E-state index contributed by atoms with van der Waals surface area (Å²) in [5.41, 5.74) is 9.79. The van der Waals surface area contributed by atoms with E-state index in [2.05, 4.69) is 85.8 Å². The monoisotopic (exact) mass is 466 g/mol. The summed E-state index contributed by atoms with van der Waals surface area (Å²) in [6, 6.07) is 11.4. The molecule has 5 aromatic rings. The number of fused-ring (bicyclic) bond motifs is 2. The summed E-state index contributed by atoms with van der Waals surface area (Å²) in [4.78, 5) is 18.6. The predicted octanol–water partition coefficient (Wildman–Crippen LogP) is 6.33. The van der Waals surface area contributed by atoms with E-state index < -0.39 is 0 Å². The summed E-state index contributed by atoms with van der Waals surface area (Å²) < 4.78 is 2.13. The number of aromatic nitrogens is 5. The average Bonchev–Trinajstić information content (AvgIpc) is 3.53. The highest BCUT2D eigenvalue weighted by Crippen LogP contribution is 2.38. The molecule has 0 aliphatic carbocycles. The minimum absolute atomic E-state index is 0.425. The van der Waals surface area contributed by atoms with Gasteiger partial charge in [0.25, 0.3) is 0 Å². The molecule has 0 saturated carbocycles. The normalized spacial score (nSPS) is 15.7. The van der Waals surface area contributed by atoms with E-state index in [1.54, 1.807) is 0 Å². The topological polar surface area (TPSA) is 65.0 Å². The van der Waals surface area contributed by atoms with Crippen molar-refractivity contribution in [2.75, 3.05) is 13.1 Å². The van der Waals surface area contributed by atoms with E-state index in [4.69, 9.17) is 0 Å². The number of rotatable bonds is 5. The molecular weight excluding hydrogens is 432 g/mol. The third-order valence-corrected chi connectivity index (χ3v) is 7.51. The van der Waals surface area contributed by atoms with Gasteiger partial charge in [0.1, 0.15) is 11.5 Å². The lowest BCUT2D eigenvalue weighted by Crippen LogP contribution is -2.32. The Kier molecular flexibility index (Phi) is 5.49. The third kappa shape index (κ3) is 4.16. The van der Waals surface area contributed by atoms with E-state index in [1.807, 2.05) is 20.0 Å². The van der Waals surface area contributed by atoms with Crippen LogP contribution in [0.4, 0.5) is 0 Å². The summed E-state index contributed by atoms with van der Waals surface area (Å²) in [5, 5.41) is 1.37. The van der Waals surface area contributed by atoms with E-state index in [9.17, 15) is 0 Å². The van der Waals surface area contributed by atoms with Crippen LogP contribution in [0.1, 0.15) is 66.9 Å². The molecule has 0 bridgehead atoms. The Morgan fingerprint density at radius 3 is 2.60 bits per heavy atom. The van der Waals surface area contributed by atoms with E-state index in [0.29, 0.717) is 11.8 Å². The van der Waals surface area contributed by atoms with Gasteiger partial charge in [-0.25, -0.2) is 9.97 Å². The molecule has 1 fully saturated rings. The molecule has 1 aliphatic rings. The van der Waals surface area contributed by atoms with Crippen molar-refractivity contribution in [3.8, 4) is 11.3 Å². The summed E-state index contributed by atoms with van der Waals surface area (Å²) in [6.07, 6.45) is 8.66. The molecule has 0 radical (unpaired) electrons. The van der Waals surface area contributed by atoms with Gasteiger partial charge >= 0.3 is 0 Å². The minimum atomic E-state index is 0.425. The van der Waals surface area contributed by atoms with Crippen LogP contribution in [0.25, 0.3) is 27.8 Å². The van der Waals surface area contributed by atoms with Gasteiger partial charge in [-0.1, -0.05) is 19.9 Å². The third-order valence-electron chi connectivity index (χ3n) is 7.51. The number of aromatic amines is 2. The highest BCUT2D eigenvalue weighted by molar-refractivity contribution is 5.92. The first kappa shape index (κ1) is 22.1. The molecule has 0 spiro atoms. The number of pyridine rings is 1. The fourth-order valence-corrected chi connectivity index (χ4v) is 5.80. The van der Waals surface area contributed by atoms with Gasteiger partial charge in [-0.2, -0.15) is 0 Å². The highest BCUT2D eigenvalue weighted by atomic mass is 15.1. The average molecular weight is 467 g/mol. The lowest BCUT2D eigenvalue weighted by molar-refractivity contribution is 0.203. The van der Waals surface area contributed by atoms with Gasteiger partial charge in [-0.05, 0) is 87.0 Å². The van der Waals surface area contributed by atoms with Gasteiger partial charge in [-0.3, -0.25) is 4.90 Å². The Labute approximate surface area is 206 Å². The smallest absolute Gasteiger partial charge is 0.136 e. The predicted molar refractivity (Wildman–Crippen MR) is 142 cm³/mol. The maximum Gasteiger partial charge on any atom is 0.136 e. The SMILES string of the molecule is Cc1cn2cc(-c3[nH]c4ccc(C5CCN(Cc6cnc(C)[nH]6)CC5)cc4c3C(C)C)ccc2n1. The Morgan fingerprint density at radius 1 is 1.03 bits per heavy atom. The lowest BCUT2D eigenvalue weighted by Gasteiger charge is -2.32. The fourth-order valence-electron chi connectivity index (χ4n) is 5.80. The van der Waals surface area contributed by atoms with Gasteiger partial charge in [0.2, 0.25) is 0 Å². The molecule has 5 heterocycles. The Balaban J connectivity index is 1.28. The quantitative estimate of drug-likeness (QED) is 0.318. The van der Waals surface area contributed by atoms with E-state index in [0.717, 1.165) is 36.8 Å². The van der Waals surface area contributed by atoms with Crippen molar-refractivity contribution in [3.63, 3.8) is 0 Å². The van der Waals surface area contributed by atoms with E-state index >= 15 is 0 Å². The molecule has 6 heteroatoms. The number of likely N-dealkylation sites (tertiary alicyclic amines) is 1. The zero-order valence-electron chi connectivity index (χ0n) is 21.1. The molecule has 35 heavy (non-hydrogen) atoms. The van der Waals surface area contributed by atoms with Gasteiger partial charge < -0.3 is 14.4 Å². The molecule has 1 aromatic carbocycles. The number of H-pyrrole nitrogens is 2. The van der Waals surface area contributed by atoms with Gasteiger partial charge in [0, 0.05) is 47.3 Å². The molecule has 0 unspecified atom stereocenters. The molecule has 2 N–H and O–H groups in total. The molecule has 0 atom stereocenters. The molecule has 4 aromatic heterocycles. The number of nitrogens with one attached hydrogen (secondary N) is 2. The summed E-state index contributed by atoms with van der Waals surface area (Å²) in [6.45, 7) is 11.9. The lowest BCUT2D eigenvalue weighted by atomic mass is 9.87. The van der Waals surface area contributed by atoms with Crippen LogP contribution in [-0.2, 0) is 6.54 Å². The Bertz CT molecular complexity index is 1490. The molecule has 1 saturated heterocycles. The van der Waals surface area contributed by atoms with Crippen LogP contribution in [0.15, 0.2) is 48.9 Å². The number of imidazole rings is 2. The van der Waals surface area contributed by atoms with Gasteiger partial charge in [-0.15, -0.1) is 0 Å². The number of nitrogens with zero attached hydrogens (tertiary/aromatic N) is 4. The molecule has 6 rings (SSSR count). The first-order valence-electron chi connectivity index (χ1n) is 12.8. The van der Waals surface area contributed by atoms with Gasteiger partial charge in [0.15, 0.2) is 0 Å². The summed E-state index contributed by atoms with van der Waals surface area (Å²) >= 11 is 0. The van der Waals surface area contributed by atoms with Gasteiger partial charge in [0.05, 0.1) is 11.4 Å². The van der Waals surface area contributed by atoms with Crippen LogP contribution in [0.3, 0.4) is 0 Å². The van der Waals surface area contributed by atoms with E-state index in [-0.39, 0.29) is 0 Å². The molecular formula is C29H34N6. The zero-order chi connectivity index (χ0) is 24.1. The first-order valence-corrected chi connectivity index (χ1v) is 12.8. The zero-order valence-corrected chi connectivity index (χ0v) is 21.1. The minimum Gasteiger partial charge on any atom is -0.354 e. The largest absolute Gasteiger partial charge is 0.354 e. The van der Waals surface area contributed by atoms with Crippen molar-refractivity contribution in [2.45, 2.75) is 58.9 Å². The number of benzene rings is 1. The van der Waals surface area contributed by atoms with Crippen LogP contribution in [0.5, 0.6) is 0 Å². The van der Waals surface area contributed by atoms with Crippen LogP contribution in [0, 0.1) is 13.8 Å². The Morgan fingerprint density at radius 2 is 1.86 bits per heavy atom. The second-order valence-electron chi connectivity index (χ2n) is 10.5. The van der Waals surface area contributed by atoms with Crippen molar-refractivity contribution in [1.29, 1.82) is 0 Å². The number of piperidine rings is 1.